The maximum absolute atomic E-state index is 13.6. The Morgan fingerprint density at radius 1 is 1.24 bits per heavy atom. The minimum Gasteiger partial charge on any atom is -0.296 e. The van der Waals surface area contributed by atoms with E-state index >= 15 is 0 Å². The molecule has 0 aliphatic rings. The maximum atomic E-state index is 13.6. The minimum atomic E-state index is -2.79. The fourth-order valence-electron chi connectivity index (χ4n) is 3.66. The number of carbonyl (C=O) groups excluding carboxylic acids is 1. The molecule has 12 heteroatoms. The number of fused-ring (bicyclic) bond motifs is 1. The van der Waals surface area contributed by atoms with Gasteiger partial charge in [0.15, 0.2) is 11.4 Å². The highest BCUT2D eigenvalue weighted by Gasteiger charge is 2.23. The van der Waals surface area contributed by atoms with E-state index < -0.39 is 6.43 Å². The Morgan fingerprint density at radius 3 is 2.79 bits per heavy atom. The van der Waals surface area contributed by atoms with Gasteiger partial charge in [-0.1, -0.05) is 12.1 Å². The van der Waals surface area contributed by atoms with Gasteiger partial charge in [0, 0.05) is 29.0 Å². The minimum absolute atomic E-state index is 0.154. The van der Waals surface area contributed by atoms with E-state index in [-0.39, 0.29) is 29.5 Å². The first-order valence-corrected chi connectivity index (χ1v) is 10.9. The molecule has 33 heavy (non-hydrogen) atoms. The van der Waals surface area contributed by atoms with E-state index in [1.165, 1.54) is 12.4 Å². The lowest BCUT2D eigenvalue weighted by atomic mass is 10.00. The average Bonchev–Trinajstić information content (AvgIpc) is 3.59. The number of pyridine rings is 1. The lowest BCUT2D eigenvalue weighted by molar-refractivity contribution is 0.0974. The van der Waals surface area contributed by atoms with Crippen molar-refractivity contribution in [3.63, 3.8) is 0 Å². The van der Waals surface area contributed by atoms with Crippen LogP contribution in [0.4, 0.5) is 8.78 Å². The Morgan fingerprint density at radius 2 is 2.09 bits per heavy atom. The fourth-order valence-corrected chi connectivity index (χ4v) is 4.53. The molecule has 0 radical (unpaired) electrons. The molecular formula is C21H18F2N8OS. The van der Waals surface area contributed by atoms with Crippen molar-refractivity contribution in [1.82, 2.24) is 39.6 Å². The first-order chi connectivity index (χ1) is 15.9. The van der Waals surface area contributed by atoms with Crippen LogP contribution in [0, 0.1) is 6.92 Å². The van der Waals surface area contributed by atoms with Crippen molar-refractivity contribution >= 4 is 22.8 Å². The summed E-state index contributed by atoms with van der Waals surface area (Å²) in [6.45, 7) is 3.86. The third-order valence-corrected chi connectivity index (χ3v) is 6.34. The third kappa shape index (κ3) is 3.82. The highest BCUT2D eigenvalue weighted by molar-refractivity contribution is 7.15. The number of nitrogens with one attached hydrogen (secondary N) is 1. The zero-order chi connectivity index (χ0) is 23.1. The fraction of sp³-hybridized carbons (Fsp3) is 0.238. The van der Waals surface area contributed by atoms with Crippen LogP contribution in [-0.2, 0) is 0 Å². The number of alkyl halides is 2. The molecule has 1 atom stereocenters. The Balaban J connectivity index is 1.66. The Bertz CT molecular complexity index is 1440. The second-order valence-electron chi connectivity index (χ2n) is 7.63. The summed E-state index contributed by atoms with van der Waals surface area (Å²) < 4.78 is 30.0. The van der Waals surface area contributed by atoms with E-state index in [0.29, 0.717) is 17.0 Å². The molecule has 0 bridgehead atoms. The molecule has 0 saturated carbocycles. The van der Waals surface area contributed by atoms with Crippen molar-refractivity contribution in [3.8, 4) is 16.3 Å². The van der Waals surface area contributed by atoms with Gasteiger partial charge in [-0.05, 0) is 25.1 Å². The summed E-state index contributed by atoms with van der Waals surface area (Å²) in [6, 6.07) is 5.48. The molecule has 0 unspecified atom stereocenters. The molecule has 0 aliphatic heterocycles. The van der Waals surface area contributed by atoms with Crippen molar-refractivity contribution in [2.45, 2.75) is 32.6 Å². The normalized spacial score (nSPS) is 12.6. The third-order valence-electron chi connectivity index (χ3n) is 5.32. The van der Waals surface area contributed by atoms with E-state index in [9.17, 15) is 13.6 Å². The van der Waals surface area contributed by atoms with Crippen LogP contribution >= 0.6 is 11.3 Å². The molecule has 0 aromatic carbocycles. The molecule has 1 N–H and O–H groups in total. The van der Waals surface area contributed by atoms with E-state index in [2.05, 4.69) is 30.5 Å². The highest BCUT2D eigenvalue weighted by atomic mass is 32.1. The van der Waals surface area contributed by atoms with Gasteiger partial charge in [-0.15, -0.1) is 16.4 Å². The first-order valence-electron chi connectivity index (χ1n) is 10.1. The number of H-pyrrole nitrogens is 1. The van der Waals surface area contributed by atoms with E-state index in [1.807, 2.05) is 26.0 Å². The van der Waals surface area contributed by atoms with Crippen LogP contribution in [-0.4, -0.2) is 45.3 Å². The van der Waals surface area contributed by atoms with Crippen molar-refractivity contribution in [1.29, 1.82) is 0 Å². The van der Waals surface area contributed by atoms with Crippen molar-refractivity contribution in [3.05, 3.63) is 65.1 Å². The predicted octanol–water partition coefficient (Wildman–Crippen LogP) is 4.38. The lowest BCUT2D eigenvalue weighted by Gasteiger charge is -2.12. The molecule has 5 heterocycles. The van der Waals surface area contributed by atoms with Gasteiger partial charge >= 0.3 is 0 Å². The zero-order valence-electron chi connectivity index (χ0n) is 17.6. The molecule has 0 fully saturated rings. The van der Waals surface area contributed by atoms with Crippen molar-refractivity contribution in [2.75, 3.05) is 0 Å². The number of thiophene rings is 1. The van der Waals surface area contributed by atoms with Crippen LogP contribution in [0.15, 0.2) is 43.1 Å². The monoisotopic (exact) mass is 468 g/mol. The van der Waals surface area contributed by atoms with E-state index in [1.54, 1.807) is 28.1 Å². The predicted molar refractivity (Wildman–Crippen MR) is 117 cm³/mol. The van der Waals surface area contributed by atoms with E-state index in [4.69, 9.17) is 0 Å². The summed E-state index contributed by atoms with van der Waals surface area (Å²) in [4.78, 5) is 23.9. The van der Waals surface area contributed by atoms with Gasteiger partial charge in [0.2, 0.25) is 0 Å². The van der Waals surface area contributed by atoms with Crippen molar-refractivity contribution in [2.24, 2.45) is 0 Å². The van der Waals surface area contributed by atoms with Gasteiger partial charge in [0.1, 0.15) is 23.5 Å². The van der Waals surface area contributed by atoms with Gasteiger partial charge in [0.25, 0.3) is 6.43 Å². The summed E-state index contributed by atoms with van der Waals surface area (Å²) >= 11 is 1.57. The number of ketones is 1. The number of aryl methyl sites for hydroxylation is 1. The molecule has 0 aliphatic carbocycles. The lowest BCUT2D eigenvalue weighted by Crippen LogP contribution is -2.11. The topological polar surface area (TPSA) is 107 Å². The van der Waals surface area contributed by atoms with Crippen LogP contribution in [0.2, 0.25) is 0 Å². The highest BCUT2D eigenvalue weighted by Crippen LogP contribution is 2.32. The smallest absolute Gasteiger partial charge is 0.282 e. The number of rotatable bonds is 7. The number of halogens is 2. The number of hydrogen-bond acceptors (Lipinski definition) is 7. The van der Waals surface area contributed by atoms with Gasteiger partial charge in [-0.2, -0.15) is 5.10 Å². The van der Waals surface area contributed by atoms with Crippen LogP contribution < -0.4 is 0 Å². The molecular weight excluding hydrogens is 450 g/mol. The van der Waals surface area contributed by atoms with Crippen molar-refractivity contribution < 1.29 is 13.6 Å². The van der Waals surface area contributed by atoms with Crippen LogP contribution in [0.5, 0.6) is 0 Å². The molecule has 5 aromatic heterocycles. The molecule has 168 valence electrons. The number of aromatic nitrogens is 8. The summed E-state index contributed by atoms with van der Waals surface area (Å²) in [5, 5.41) is 14.1. The SMILES string of the molecule is Cc1ccc(-c2cnc3c(-n4nncc4C(F)F)cc(C(=O)C[C@@H](C)c4ncn[nH]4)cn23)s1. The number of aromatic amines is 1. The maximum Gasteiger partial charge on any atom is 0.282 e. The summed E-state index contributed by atoms with van der Waals surface area (Å²) in [6.07, 6.45) is 3.10. The molecule has 9 nitrogen and oxygen atoms in total. The number of Topliss-reactive ketones (excluding diaryl/α,β-unsaturated/α-hetero) is 1. The molecule has 0 spiro atoms. The van der Waals surface area contributed by atoms with Crippen LogP contribution in [0.25, 0.3) is 21.9 Å². The molecule has 5 rings (SSSR count). The molecule has 5 aromatic rings. The van der Waals surface area contributed by atoms with Gasteiger partial charge in [0.05, 0.1) is 23.0 Å². The first kappa shape index (κ1) is 21.1. The number of hydrogen-bond donors (Lipinski definition) is 1. The van der Waals surface area contributed by atoms with Gasteiger partial charge in [-0.25, -0.2) is 23.4 Å². The Kier molecular flexibility index (Phi) is 5.29. The summed E-state index contributed by atoms with van der Waals surface area (Å²) in [7, 11) is 0. The summed E-state index contributed by atoms with van der Waals surface area (Å²) in [5.74, 6) is 0.213. The number of imidazole rings is 1. The number of nitrogens with zero attached hydrogens (tertiary/aromatic N) is 7. The second kappa shape index (κ2) is 8.28. The molecule has 0 amide bonds. The zero-order valence-corrected chi connectivity index (χ0v) is 18.4. The largest absolute Gasteiger partial charge is 0.296 e. The van der Waals surface area contributed by atoms with E-state index in [0.717, 1.165) is 26.3 Å². The second-order valence-corrected chi connectivity index (χ2v) is 8.92. The Hall–Kier alpha value is -3.80. The molecule has 0 saturated heterocycles. The quantitative estimate of drug-likeness (QED) is 0.355. The van der Waals surface area contributed by atoms with Gasteiger partial charge < -0.3 is 0 Å². The number of carbonyl (C=O) groups is 1. The Labute approximate surface area is 190 Å². The van der Waals surface area contributed by atoms with Crippen LogP contribution in [0.1, 0.15) is 52.4 Å². The standard InChI is InChI=1S/C21H18F2N8OS/c1-11(20-25-10-27-28-20)5-17(32)13-6-14(31-16(19(22)23)8-26-29-31)21-24-7-15(30(21)9-13)18-4-3-12(2)33-18/h3-4,6-11,19H,5H2,1-2H3,(H,25,27,28)/t11-/m1/s1. The van der Waals surface area contributed by atoms with Gasteiger partial charge in [-0.3, -0.25) is 14.3 Å². The average molecular weight is 468 g/mol. The summed E-state index contributed by atoms with van der Waals surface area (Å²) in [5.41, 5.74) is 1.35. The van der Waals surface area contributed by atoms with Crippen LogP contribution in [0.3, 0.4) is 0 Å².